The number of aliphatic carboxylic acids is 1. The molecule has 3 amide bonds. The molecule has 0 bridgehead atoms. The highest BCUT2D eigenvalue weighted by atomic mass is 16.4. The van der Waals surface area contributed by atoms with Crippen LogP contribution in [0, 0.1) is 5.92 Å². The smallest absolute Gasteiger partial charge is 0.326 e. The first-order valence-corrected chi connectivity index (χ1v) is 6.46. The number of carboxylic acids is 1. The molecule has 20 heavy (non-hydrogen) atoms. The summed E-state index contributed by atoms with van der Waals surface area (Å²) in [4.78, 5) is 33.9. The number of rotatable bonds is 8. The first-order valence-electron chi connectivity index (χ1n) is 6.46. The molecule has 0 saturated carbocycles. The van der Waals surface area contributed by atoms with E-state index in [9.17, 15) is 14.4 Å². The van der Waals surface area contributed by atoms with Crippen molar-refractivity contribution < 1.29 is 24.6 Å². The van der Waals surface area contributed by atoms with Crippen LogP contribution in [0.5, 0.6) is 0 Å². The lowest BCUT2D eigenvalue weighted by atomic mass is 10.2. The van der Waals surface area contributed by atoms with Gasteiger partial charge in [0.2, 0.25) is 5.91 Å². The van der Waals surface area contributed by atoms with Gasteiger partial charge in [0.25, 0.3) is 0 Å². The standard InChI is InChI=1S/C12H23N3O5/c1-7(2)6-13-10(17)8(3)14-12(20)15-9(4-5-16)11(18)19/h7-9,16H,4-6H2,1-3H3,(H,13,17)(H,18,19)(H2,14,15,20)/t8?,9-/m1/s1. The number of carboxylic acid groups (broad SMARTS) is 1. The number of hydrogen-bond donors (Lipinski definition) is 5. The van der Waals surface area contributed by atoms with Crippen molar-refractivity contribution in [2.75, 3.05) is 13.2 Å². The number of aliphatic hydroxyl groups is 1. The number of carbonyl (C=O) groups is 3. The Morgan fingerprint density at radius 1 is 1.10 bits per heavy atom. The molecule has 8 heteroatoms. The van der Waals surface area contributed by atoms with Crippen LogP contribution in [0.25, 0.3) is 0 Å². The average Bonchev–Trinajstić information content (AvgIpc) is 2.34. The summed E-state index contributed by atoms with van der Waals surface area (Å²) in [5, 5.41) is 24.7. The number of nitrogens with one attached hydrogen (secondary N) is 3. The minimum Gasteiger partial charge on any atom is -0.480 e. The van der Waals surface area contributed by atoms with E-state index >= 15 is 0 Å². The maximum atomic E-state index is 11.6. The topological polar surface area (TPSA) is 128 Å². The molecule has 1 unspecified atom stereocenters. The lowest BCUT2D eigenvalue weighted by Crippen LogP contribution is -2.52. The Morgan fingerprint density at radius 2 is 1.70 bits per heavy atom. The number of urea groups is 1. The van der Waals surface area contributed by atoms with Crippen LogP contribution in [0.15, 0.2) is 0 Å². The van der Waals surface area contributed by atoms with E-state index in [-0.39, 0.29) is 18.9 Å². The summed E-state index contributed by atoms with van der Waals surface area (Å²) in [6.07, 6.45) is -0.101. The van der Waals surface area contributed by atoms with Gasteiger partial charge in [-0.3, -0.25) is 4.79 Å². The van der Waals surface area contributed by atoms with E-state index in [1.165, 1.54) is 6.92 Å². The van der Waals surface area contributed by atoms with Gasteiger partial charge in [-0.25, -0.2) is 9.59 Å². The van der Waals surface area contributed by atoms with Gasteiger partial charge < -0.3 is 26.2 Å². The zero-order valence-corrected chi connectivity index (χ0v) is 12.0. The molecule has 0 aromatic heterocycles. The molecule has 0 spiro atoms. The Labute approximate surface area is 117 Å². The van der Waals surface area contributed by atoms with E-state index in [4.69, 9.17) is 10.2 Å². The molecule has 0 radical (unpaired) electrons. The van der Waals surface area contributed by atoms with Crippen LogP contribution in [-0.4, -0.2) is 53.4 Å². The highest BCUT2D eigenvalue weighted by Crippen LogP contribution is 1.93. The van der Waals surface area contributed by atoms with Crippen molar-refractivity contribution in [2.45, 2.75) is 39.3 Å². The molecule has 5 N–H and O–H groups in total. The van der Waals surface area contributed by atoms with Crippen LogP contribution in [-0.2, 0) is 9.59 Å². The number of amides is 3. The van der Waals surface area contributed by atoms with Gasteiger partial charge in [0.1, 0.15) is 12.1 Å². The van der Waals surface area contributed by atoms with Crippen molar-refractivity contribution in [2.24, 2.45) is 5.92 Å². The SMILES string of the molecule is CC(C)CNC(=O)C(C)NC(=O)N[C@H](CCO)C(=O)O. The molecule has 0 saturated heterocycles. The third-order valence-electron chi connectivity index (χ3n) is 2.45. The fraction of sp³-hybridized carbons (Fsp3) is 0.750. The number of aliphatic hydroxyl groups excluding tert-OH is 1. The van der Waals surface area contributed by atoms with Crippen molar-refractivity contribution in [3.63, 3.8) is 0 Å². The summed E-state index contributed by atoms with van der Waals surface area (Å²) < 4.78 is 0. The Bertz CT molecular complexity index is 346. The first-order chi connectivity index (χ1) is 9.27. The molecule has 0 fully saturated rings. The number of hydrogen-bond acceptors (Lipinski definition) is 4. The van der Waals surface area contributed by atoms with E-state index in [1.807, 2.05) is 13.8 Å². The molecule has 0 aliphatic heterocycles. The first kappa shape index (κ1) is 18.2. The molecular weight excluding hydrogens is 266 g/mol. The molecule has 116 valence electrons. The largest absolute Gasteiger partial charge is 0.480 e. The van der Waals surface area contributed by atoms with Crippen molar-refractivity contribution in [1.82, 2.24) is 16.0 Å². The van der Waals surface area contributed by atoms with Gasteiger partial charge in [-0.15, -0.1) is 0 Å². The summed E-state index contributed by atoms with van der Waals surface area (Å²) in [7, 11) is 0. The molecule has 2 atom stereocenters. The van der Waals surface area contributed by atoms with Gasteiger partial charge in [0.15, 0.2) is 0 Å². The lowest BCUT2D eigenvalue weighted by Gasteiger charge is -2.18. The van der Waals surface area contributed by atoms with E-state index < -0.39 is 24.1 Å². The summed E-state index contributed by atoms with van der Waals surface area (Å²) >= 11 is 0. The highest BCUT2D eigenvalue weighted by molar-refractivity contribution is 5.88. The lowest BCUT2D eigenvalue weighted by molar-refractivity contribution is -0.139. The molecule has 0 aromatic carbocycles. The zero-order valence-electron chi connectivity index (χ0n) is 12.0. The molecule has 0 aliphatic carbocycles. The third kappa shape index (κ3) is 7.57. The van der Waals surface area contributed by atoms with Crippen LogP contribution in [0.4, 0.5) is 4.79 Å². The summed E-state index contributed by atoms with van der Waals surface area (Å²) in [6.45, 7) is 5.52. The van der Waals surface area contributed by atoms with Crippen molar-refractivity contribution in [1.29, 1.82) is 0 Å². The zero-order chi connectivity index (χ0) is 15.7. The fourth-order valence-corrected chi connectivity index (χ4v) is 1.31. The molecule has 0 aromatic rings. The Hall–Kier alpha value is -1.83. The van der Waals surface area contributed by atoms with E-state index in [0.717, 1.165) is 0 Å². The molecule has 0 heterocycles. The maximum absolute atomic E-state index is 11.6. The van der Waals surface area contributed by atoms with Crippen molar-refractivity contribution in [3.05, 3.63) is 0 Å². The normalized spacial score (nSPS) is 13.4. The van der Waals surface area contributed by atoms with Gasteiger partial charge >= 0.3 is 12.0 Å². The Kier molecular flexibility index (Phi) is 8.30. The number of carbonyl (C=O) groups excluding carboxylic acids is 2. The van der Waals surface area contributed by atoms with Crippen LogP contribution in [0.3, 0.4) is 0 Å². The van der Waals surface area contributed by atoms with E-state index in [0.29, 0.717) is 12.5 Å². The minimum absolute atomic E-state index is 0.101. The van der Waals surface area contributed by atoms with Gasteiger partial charge in [0, 0.05) is 19.6 Å². The predicted octanol–water partition coefficient (Wildman–Crippen LogP) is -0.718. The quantitative estimate of drug-likeness (QED) is 0.403. The summed E-state index contributed by atoms with van der Waals surface area (Å²) in [5.74, 6) is -1.30. The minimum atomic E-state index is -1.24. The van der Waals surface area contributed by atoms with Crippen LogP contribution >= 0.6 is 0 Å². The highest BCUT2D eigenvalue weighted by Gasteiger charge is 2.21. The van der Waals surface area contributed by atoms with Crippen LogP contribution in [0.2, 0.25) is 0 Å². The van der Waals surface area contributed by atoms with Crippen molar-refractivity contribution in [3.8, 4) is 0 Å². The van der Waals surface area contributed by atoms with Gasteiger partial charge in [-0.2, -0.15) is 0 Å². The monoisotopic (exact) mass is 289 g/mol. The van der Waals surface area contributed by atoms with Gasteiger partial charge in [0.05, 0.1) is 0 Å². The fourth-order valence-electron chi connectivity index (χ4n) is 1.31. The molecular formula is C12H23N3O5. The van der Waals surface area contributed by atoms with Crippen LogP contribution < -0.4 is 16.0 Å². The van der Waals surface area contributed by atoms with Gasteiger partial charge in [-0.1, -0.05) is 13.8 Å². The molecule has 8 nitrogen and oxygen atoms in total. The third-order valence-corrected chi connectivity index (χ3v) is 2.45. The average molecular weight is 289 g/mol. The van der Waals surface area contributed by atoms with E-state index in [1.54, 1.807) is 0 Å². The van der Waals surface area contributed by atoms with Crippen molar-refractivity contribution >= 4 is 17.9 Å². The Morgan fingerprint density at radius 3 is 2.15 bits per heavy atom. The van der Waals surface area contributed by atoms with Gasteiger partial charge in [-0.05, 0) is 12.8 Å². The second-order valence-corrected chi connectivity index (χ2v) is 4.88. The summed E-state index contributed by atoms with van der Waals surface area (Å²) in [5.41, 5.74) is 0. The molecule has 0 aliphatic rings. The summed E-state index contributed by atoms with van der Waals surface area (Å²) in [6, 6.07) is -2.73. The maximum Gasteiger partial charge on any atom is 0.326 e. The second-order valence-electron chi connectivity index (χ2n) is 4.88. The predicted molar refractivity (Wildman–Crippen MR) is 72.1 cm³/mol. The van der Waals surface area contributed by atoms with E-state index in [2.05, 4.69) is 16.0 Å². The molecule has 0 rings (SSSR count). The second kappa shape index (κ2) is 9.13. The Balaban J connectivity index is 4.23. The van der Waals surface area contributed by atoms with Crippen LogP contribution in [0.1, 0.15) is 27.2 Å².